The highest BCUT2D eigenvalue weighted by atomic mass is 79.9. The third-order valence-corrected chi connectivity index (χ3v) is 5.50. The van der Waals surface area contributed by atoms with Crippen molar-refractivity contribution in [3.8, 4) is 11.5 Å². The van der Waals surface area contributed by atoms with Gasteiger partial charge in [-0.3, -0.25) is 0 Å². The standard InChI is InChI=1S/C18H18F3NO2S.BrH/c1-22-9-7-12-13(8-10-22)17(25-11-5-3-2-4-6-11)16(24)15(23)14(12)18(19,20)21;/h2-6,23-24H,7-10H2,1H3;1H. The minimum absolute atomic E-state index is 0. The van der Waals surface area contributed by atoms with Crippen molar-refractivity contribution in [3.05, 3.63) is 47.0 Å². The van der Waals surface area contributed by atoms with Gasteiger partial charge < -0.3 is 15.1 Å². The Kier molecular flexibility index (Phi) is 6.52. The molecule has 1 heterocycles. The van der Waals surface area contributed by atoms with Crippen LogP contribution in [0, 0.1) is 0 Å². The number of phenols is 2. The molecule has 0 spiro atoms. The van der Waals surface area contributed by atoms with Gasteiger partial charge in [0.25, 0.3) is 0 Å². The van der Waals surface area contributed by atoms with Gasteiger partial charge in [0.05, 0.1) is 4.90 Å². The molecule has 0 bridgehead atoms. The summed E-state index contributed by atoms with van der Waals surface area (Å²) in [6.07, 6.45) is -4.15. The van der Waals surface area contributed by atoms with Crippen LogP contribution in [0.3, 0.4) is 0 Å². The number of benzene rings is 2. The van der Waals surface area contributed by atoms with Crippen molar-refractivity contribution in [1.82, 2.24) is 4.90 Å². The van der Waals surface area contributed by atoms with E-state index in [4.69, 9.17) is 0 Å². The van der Waals surface area contributed by atoms with Crippen LogP contribution in [0.4, 0.5) is 13.2 Å². The first kappa shape index (κ1) is 20.9. The summed E-state index contributed by atoms with van der Waals surface area (Å²) in [6, 6.07) is 9.09. The Balaban J connectivity index is 0.00000243. The second-order valence-corrected chi connectivity index (χ2v) is 7.16. The van der Waals surface area contributed by atoms with Gasteiger partial charge in [-0.25, -0.2) is 0 Å². The lowest BCUT2D eigenvalue weighted by atomic mass is 9.95. The molecule has 26 heavy (non-hydrogen) atoms. The van der Waals surface area contributed by atoms with Crippen LogP contribution in [0.15, 0.2) is 40.1 Å². The number of nitrogens with zero attached hydrogens (tertiary/aromatic N) is 1. The fourth-order valence-corrected chi connectivity index (χ4v) is 4.15. The molecule has 0 amide bonds. The second kappa shape index (κ2) is 8.10. The Morgan fingerprint density at radius 2 is 1.54 bits per heavy atom. The quantitative estimate of drug-likeness (QED) is 0.641. The fraction of sp³-hybridized carbons (Fsp3) is 0.333. The van der Waals surface area contributed by atoms with Gasteiger partial charge in [-0.15, -0.1) is 17.0 Å². The van der Waals surface area contributed by atoms with Crippen LogP contribution >= 0.6 is 28.7 Å². The van der Waals surface area contributed by atoms with Crippen LogP contribution in [0.25, 0.3) is 0 Å². The van der Waals surface area contributed by atoms with E-state index in [1.165, 1.54) is 11.8 Å². The molecule has 142 valence electrons. The number of hydrogen-bond acceptors (Lipinski definition) is 4. The average molecular weight is 450 g/mol. The molecule has 1 aliphatic heterocycles. The molecule has 0 saturated carbocycles. The van der Waals surface area contributed by atoms with Crippen LogP contribution in [-0.2, 0) is 19.0 Å². The van der Waals surface area contributed by atoms with Crippen molar-refractivity contribution < 1.29 is 23.4 Å². The lowest BCUT2D eigenvalue weighted by molar-refractivity contribution is -0.139. The number of halogens is 4. The van der Waals surface area contributed by atoms with Crippen LogP contribution in [0.2, 0.25) is 0 Å². The maximum Gasteiger partial charge on any atom is 0.420 e. The third-order valence-electron chi connectivity index (χ3n) is 4.35. The number of aromatic hydroxyl groups is 2. The zero-order chi connectivity index (χ0) is 18.2. The molecule has 0 fully saturated rings. The van der Waals surface area contributed by atoms with Crippen molar-refractivity contribution in [1.29, 1.82) is 0 Å². The van der Waals surface area contributed by atoms with Gasteiger partial charge in [0.2, 0.25) is 0 Å². The van der Waals surface area contributed by atoms with Gasteiger partial charge in [0, 0.05) is 18.0 Å². The second-order valence-electron chi connectivity index (χ2n) is 6.07. The highest BCUT2D eigenvalue weighted by Crippen LogP contribution is 2.51. The Hall–Kier alpha value is -1.38. The minimum Gasteiger partial charge on any atom is -0.504 e. The number of alkyl halides is 3. The number of rotatable bonds is 2. The highest BCUT2D eigenvalue weighted by Gasteiger charge is 2.41. The molecular weight excluding hydrogens is 431 g/mol. The molecule has 0 aromatic heterocycles. The van der Waals surface area contributed by atoms with E-state index < -0.39 is 23.2 Å². The number of likely N-dealkylation sites (N-methyl/N-ethyl adjacent to an activating group) is 1. The van der Waals surface area contributed by atoms with E-state index in [1.54, 1.807) is 0 Å². The Morgan fingerprint density at radius 1 is 0.962 bits per heavy atom. The first-order valence-electron chi connectivity index (χ1n) is 7.87. The zero-order valence-electron chi connectivity index (χ0n) is 14.0. The maximum absolute atomic E-state index is 13.5. The number of phenolic OH excluding ortho intramolecular Hbond substituents is 2. The predicted octanol–water partition coefficient (Wildman–Crippen LogP) is 4.88. The van der Waals surface area contributed by atoms with Crippen LogP contribution in [0.5, 0.6) is 11.5 Å². The summed E-state index contributed by atoms with van der Waals surface area (Å²) in [4.78, 5) is 3.05. The van der Waals surface area contributed by atoms with E-state index in [0.29, 0.717) is 30.0 Å². The van der Waals surface area contributed by atoms with E-state index in [9.17, 15) is 23.4 Å². The molecule has 0 radical (unpaired) electrons. The Morgan fingerprint density at radius 3 is 2.12 bits per heavy atom. The minimum atomic E-state index is -4.72. The molecule has 0 unspecified atom stereocenters. The van der Waals surface area contributed by atoms with Gasteiger partial charge in [-0.1, -0.05) is 30.0 Å². The summed E-state index contributed by atoms with van der Waals surface area (Å²) in [5.74, 6) is -1.77. The molecule has 8 heteroatoms. The van der Waals surface area contributed by atoms with E-state index in [-0.39, 0.29) is 29.0 Å². The van der Waals surface area contributed by atoms with Crippen LogP contribution in [0.1, 0.15) is 16.7 Å². The highest BCUT2D eigenvalue weighted by molar-refractivity contribution is 8.93. The third kappa shape index (κ3) is 4.13. The monoisotopic (exact) mass is 449 g/mol. The Bertz CT molecular complexity index is 784. The lowest BCUT2D eigenvalue weighted by Crippen LogP contribution is -2.21. The van der Waals surface area contributed by atoms with Crippen molar-refractivity contribution >= 4 is 28.7 Å². The van der Waals surface area contributed by atoms with Crippen molar-refractivity contribution in [2.75, 3.05) is 20.1 Å². The summed E-state index contributed by atoms with van der Waals surface area (Å²) in [7, 11) is 1.85. The van der Waals surface area contributed by atoms with Gasteiger partial charge in [-0.05, 0) is 43.1 Å². The van der Waals surface area contributed by atoms with Crippen LogP contribution < -0.4 is 0 Å². The van der Waals surface area contributed by atoms with Gasteiger partial charge in [0.15, 0.2) is 11.5 Å². The molecule has 1 aliphatic rings. The smallest absolute Gasteiger partial charge is 0.420 e. The summed E-state index contributed by atoms with van der Waals surface area (Å²) in [5.41, 5.74) is -0.542. The average Bonchev–Trinajstić information content (AvgIpc) is 2.74. The SMILES string of the molecule is Br.CN1CCc2c(c(C(F)(F)F)c(O)c(O)c2Sc2ccccc2)CC1. The number of hydrogen-bond donors (Lipinski definition) is 2. The fourth-order valence-electron chi connectivity index (χ4n) is 3.08. The van der Waals surface area contributed by atoms with E-state index >= 15 is 0 Å². The van der Waals surface area contributed by atoms with Gasteiger partial charge in [-0.2, -0.15) is 13.2 Å². The first-order valence-corrected chi connectivity index (χ1v) is 8.69. The van der Waals surface area contributed by atoms with E-state index in [2.05, 4.69) is 0 Å². The number of fused-ring (bicyclic) bond motifs is 1. The van der Waals surface area contributed by atoms with Crippen molar-refractivity contribution in [3.63, 3.8) is 0 Å². The molecule has 3 rings (SSSR count). The zero-order valence-corrected chi connectivity index (χ0v) is 16.5. The maximum atomic E-state index is 13.5. The van der Waals surface area contributed by atoms with Gasteiger partial charge in [0.1, 0.15) is 5.56 Å². The van der Waals surface area contributed by atoms with Crippen LogP contribution in [-0.4, -0.2) is 35.3 Å². The molecule has 2 aromatic carbocycles. The van der Waals surface area contributed by atoms with Crippen molar-refractivity contribution in [2.45, 2.75) is 28.8 Å². The van der Waals surface area contributed by atoms with Crippen molar-refractivity contribution in [2.24, 2.45) is 0 Å². The van der Waals surface area contributed by atoms with E-state index in [0.717, 1.165) is 4.90 Å². The predicted molar refractivity (Wildman–Crippen MR) is 101 cm³/mol. The summed E-state index contributed by atoms with van der Waals surface area (Å²) >= 11 is 1.18. The molecule has 2 aromatic rings. The summed E-state index contributed by atoms with van der Waals surface area (Å²) in [6.45, 7) is 1.06. The lowest BCUT2D eigenvalue weighted by Gasteiger charge is -2.21. The molecular formula is C18H19BrF3NO2S. The largest absolute Gasteiger partial charge is 0.504 e. The molecule has 0 aliphatic carbocycles. The molecule has 2 N–H and O–H groups in total. The molecule has 0 atom stereocenters. The first-order chi connectivity index (χ1) is 11.8. The summed E-state index contributed by atoms with van der Waals surface area (Å²) in [5, 5.41) is 20.4. The summed E-state index contributed by atoms with van der Waals surface area (Å²) < 4.78 is 40.5. The molecule has 3 nitrogen and oxygen atoms in total. The normalized spacial score (nSPS) is 15.1. The molecule has 0 saturated heterocycles. The van der Waals surface area contributed by atoms with E-state index in [1.807, 2.05) is 42.3 Å². The van der Waals surface area contributed by atoms with Gasteiger partial charge >= 0.3 is 6.18 Å². The Labute approximate surface area is 164 Å². The topological polar surface area (TPSA) is 43.7 Å².